The first-order chi connectivity index (χ1) is 14.5. The van der Waals surface area contributed by atoms with Crippen molar-refractivity contribution in [1.29, 1.82) is 0 Å². The number of carbonyl (C=O) groups is 1. The molecule has 0 amide bonds. The van der Waals surface area contributed by atoms with Gasteiger partial charge in [-0.05, 0) is 18.1 Å². The maximum absolute atomic E-state index is 11.8. The molecule has 1 fully saturated rings. The van der Waals surface area contributed by atoms with E-state index in [0.29, 0.717) is 13.2 Å². The number of benzene rings is 2. The summed E-state index contributed by atoms with van der Waals surface area (Å²) in [5, 5.41) is 10.9. The molecule has 160 valence electrons. The van der Waals surface area contributed by atoms with Gasteiger partial charge in [-0.2, -0.15) is 0 Å². The van der Waals surface area contributed by atoms with Crippen LogP contribution in [0.1, 0.15) is 30.9 Å². The zero-order valence-corrected chi connectivity index (χ0v) is 17.0. The van der Waals surface area contributed by atoms with E-state index < -0.39 is 24.4 Å². The van der Waals surface area contributed by atoms with Crippen molar-refractivity contribution >= 4 is 5.78 Å². The Balaban J connectivity index is 1.76. The number of hydrogen-bond acceptors (Lipinski definition) is 6. The minimum Gasteiger partial charge on any atom is -0.369 e. The summed E-state index contributed by atoms with van der Waals surface area (Å²) < 4.78 is 18.4. The zero-order valence-electron chi connectivity index (χ0n) is 17.0. The highest BCUT2D eigenvalue weighted by Crippen LogP contribution is 2.32. The molecule has 0 aliphatic carbocycles. The molecule has 0 spiro atoms. The summed E-state index contributed by atoms with van der Waals surface area (Å²) in [6.07, 6.45) is -1.62. The van der Waals surface area contributed by atoms with Crippen molar-refractivity contribution < 1.29 is 23.9 Å². The Labute approximate surface area is 176 Å². The summed E-state index contributed by atoms with van der Waals surface area (Å²) in [5.74, 6) is -0.0231. The maximum atomic E-state index is 11.8. The fourth-order valence-electron chi connectivity index (χ4n) is 3.65. The SMILES string of the molecule is CC(=O)C[C@H]1O[C@H](CC[N+](=O)[O-])[C@@H](OCc2ccccc2)[C@H]1OCc1ccccc1. The highest BCUT2D eigenvalue weighted by atomic mass is 16.6. The molecule has 2 aromatic carbocycles. The van der Waals surface area contributed by atoms with Crippen molar-refractivity contribution in [3.05, 3.63) is 81.9 Å². The van der Waals surface area contributed by atoms with Gasteiger partial charge in [0.1, 0.15) is 18.0 Å². The van der Waals surface area contributed by atoms with Gasteiger partial charge in [-0.15, -0.1) is 0 Å². The number of ketones is 1. The Morgan fingerprint density at radius 3 is 1.90 bits per heavy atom. The van der Waals surface area contributed by atoms with Gasteiger partial charge in [0.15, 0.2) is 0 Å². The number of nitro groups is 1. The second kappa shape index (κ2) is 11.0. The van der Waals surface area contributed by atoms with Crippen LogP contribution in [0.25, 0.3) is 0 Å². The quantitative estimate of drug-likeness (QED) is 0.413. The van der Waals surface area contributed by atoms with Gasteiger partial charge in [0.25, 0.3) is 0 Å². The molecule has 3 rings (SSSR count). The fraction of sp³-hybridized carbons (Fsp3) is 0.435. The molecule has 2 aromatic rings. The summed E-state index contributed by atoms with van der Waals surface area (Å²) >= 11 is 0. The topological polar surface area (TPSA) is 87.9 Å². The highest BCUT2D eigenvalue weighted by molar-refractivity contribution is 5.76. The van der Waals surface area contributed by atoms with Gasteiger partial charge >= 0.3 is 0 Å². The Kier molecular flexibility index (Phi) is 8.07. The molecule has 0 radical (unpaired) electrons. The lowest BCUT2D eigenvalue weighted by molar-refractivity contribution is -0.482. The van der Waals surface area contributed by atoms with Gasteiger partial charge in [-0.1, -0.05) is 60.7 Å². The molecule has 4 atom stereocenters. The molecule has 0 saturated carbocycles. The number of rotatable bonds is 11. The number of ether oxygens (including phenoxy) is 3. The predicted octanol–water partition coefficient (Wildman–Crippen LogP) is 3.57. The van der Waals surface area contributed by atoms with E-state index in [4.69, 9.17) is 14.2 Å². The molecule has 7 nitrogen and oxygen atoms in total. The molecular weight excluding hydrogens is 386 g/mol. The van der Waals surface area contributed by atoms with E-state index in [-0.39, 0.29) is 30.1 Å². The van der Waals surface area contributed by atoms with Crippen molar-refractivity contribution in [1.82, 2.24) is 0 Å². The molecule has 0 unspecified atom stereocenters. The van der Waals surface area contributed by atoms with Crippen molar-refractivity contribution in [2.24, 2.45) is 0 Å². The minimum absolute atomic E-state index is 0.0231. The molecule has 1 saturated heterocycles. The second-order valence-electron chi connectivity index (χ2n) is 7.49. The molecule has 0 N–H and O–H groups in total. The predicted molar refractivity (Wildman–Crippen MR) is 110 cm³/mol. The summed E-state index contributed by atoms with van der Waals surface area (Å²) in [6, 6.07) is 19.4. The van der Waals surface area contributed by atoms with E-state index in [2.05, 4.69) is 0 Å². The van der Waals surface area contributed by atoms with Gasteiger partial charge in [0.2, 0.25) is 6.54 Å². The van der Waals surface area contributed by atoms with Crippen LogP contribution in [-0.2, 0) is 32.2 Å². The van der Waals surface area contributed by atoms with Crippen LogP contribution in [0.4, 0.5) is 0 Å². The van der Waals surface area contributed by atoms with Crippen LogP contribution in [0.15, 0.2) is 60.7 Å². The van der Waals surface area contributed by atoms with E-state index >= 15 is 0 Å². The van der Waals surface area contributed by atoms with E-state index in [0.717, 1.165) is 11.1 Å². The van der Waals surface area contributed by atoms with E-state index in [1.54, 1.807) is 0 Å². The average molecular weight is 413 g/mol. The monoisotopic (exact) mass is 413 g/mol. The van der Waals surface area contributed by atoms with Crippen LogP contribution in [0, 0.1) is 10.1 Å². The second-order valence-corrected chi connectivity index (χ2v) is 7.49. The standard InChI is InChI=1S/C23H27NO6/c1-17(25)14-21-23(29-16-19-10-6-3-7-11-19)22(20(30-21)12-13-24(26)27)28-15-18-8-4-2-5-9-18/h2-11,20-23H,12-16H2,1H3/t20-,21-,22-,23+/m1/s1. The van der Waals surface area contributed by atoms with Crippen molar-refractivity contribution in [2.45, 2.75) is 57.4 Å². The van der Waals surface area contributed by atoms with Gasteiger partial charge in [0.05, 0.1) is 25.4 Å². The fourth-order valence-corrected chi connectivity index (χ4v) is 3.65. The molecule has 0 aromatic heterocycles. The van der Waals surface area contributed by atoms with E-state index in [1.165, 1.54) is 6.92 Å². The third-order valence-corrected chi connectivity index (χ3v) is 5.06. The first-order valence-corrected chi connectivity index (χ1v) is 10.1. The van der Waals surface area contributed by atoms with Gasteiger partial charge in [-0.3, -0.25) is 14.9 Å². The van der Waals surface area contributed by atoms with Crippen molar-refractivity contribution in [3.8, 4) is 0 Å². The van der Waals surface area contributed by atoms with Crippen LogP contribution >= 0.6 is 0 Å². The largest absolute Gasteiger partial charge is 0.369 e. The van der Waals surface area contributed by atoms with Crippen molar-refractivity contribution in [3.63, 3.8) is 0 Å². The van der Waals surface area contributed by atoms with Crippen LogP contribution in [-0.4, -0.2) is 41.7 Å². The van der Waals surface area contributed by atoms with E-state index in [9.17, 15) is 14.9 Å². The third kappa shape index (κ3) is 6.45. The first-order valence-electron chi connectivity index (χ1n) is 10.1. The smallest absolute Gasteiger partial charge is 0.206 e. The lowest BCUT2D eigenvalue weighted by Gasteiger charge is -2.24. The number of nitrogens with zero attached hydrogens (tertiary/aromatic N) is 1. The molecule has 7 heteroatoms. The lowest BCUT2D eigenvalue weighted by atomic mass is 10.0. The number of hydrogen-bond donors (Lipinski definition) is 0. The number of Topliss-reactive ketones (excluding diaryl/α,β-unsaturated/α-hetero) is 1. The molecule has 1 aliphatic rings. The normalized spacial score (nSPS) is 23.4. The summed E-state index contributed by atoms with van der Waals surface area (Å²) in [4.78, 5) is 22.3. The molecular formula is C23H27NO6. The Bertz CT molecular complexity index is 813. The molecule has 1 aliphatic heterocycles. The van der Waals surface area contributed by atoms with Crippen LogP contribution < -0.4 is 0 Å². The Morgan fingerprint density at radius 2 is 1.43 bits per heavy atom. The zero-order chi connectivity index (χ0) is 21.3. The number of carbonyl (C=O) groups excluding carboxylic acids is 1. The average Bonchev–Trinajstić information content (AvgIpc) is 3.06. The van der Waals surface area contributed by atoms with Gasteiger partial charge < -0.3 is 14.2 Å². The summed E-state index contributed by atoms with van der Waals surface area (Å²) in [5.41, 5.74) is 1.98. The summed E-state index contributed by atoms with van der Waals surface area (Å²) in [6.45, 7) is 1.95. The van der Waals surface area contributed by atoms with E-state index in [1.807, 2.05) is 60.7 Å². The van der Waals surface area contributed by atoms with Crippen LogP contribution in [0.3, 0.4) is 0 Å². The Hall–Kier alpha value is -2.61. The lowest BCUT2D eigenvalue weighted by Crippen LogP contribution is -2.38. The minimum atomic E-state index is -0.510. The van der Waals surface area contributed by atoms with Gasteiger partial charge in [-0.25, -0.2) is 0 Å². The Morgan fingerprint density at radius 1 is 0.933 bits per heavy atom. The highest BCUT2D eigenvalue weighted by Gasteiger charge is 2.46. The molecule has 0 bridgehead atoms. The third-order valence-electron chi connectivity index (χ3n) is 5.06. The summed E-state index contributed by atoms with van der Waals surface area (Å²) in [7, 11) is 0. The first kappa shape index (κ1) is 22.1. The van der Waals surface area contributed by atoms with Gasteiger partial charge in [0, 0.05) is 17.8 Å². The van der Waals surface area contributed by atoms with Crippen LogP contribution in [0.2, 0.25) is 0 Å². The maximum Gasteiger partial charge on any atom is 0.206 e. The van der Waals surface area contributed by atoms with Crippen molar-refractivity contribution in [2.75, 3.05) is 6.54 Å². The molecule has 1 heterocycles. The molecule has 30 heavy (non-hydrogen) atoms. The van der Waals surface area contributed by atoms with Crippen LogP contribution in [0.5, 0.6) is 0 Å².